The number of aromatic nitrogens is 2. The third-order valence-electron chi connectivity index (χ3n) is 2.94. The van der Waals surface area contributed by atoms with Crippen LogP contribution in [0.3, 0.4) is 0 Å². The van der Waals surface area contributed by atoms with Crippen molar-refractivity contribution in [2.24, 2.45) is 0 Å². The maximum atomic E-state index is 9.20. The highest BCUT2D eigenvalue weighted by Crippen LogP contribution is 2.24. The predicted octanol–water partition coefficient (Wildman–Crippen LogP) is 3.45. The van der Waals surface area contributed by atoms with Crippen molar-refractivity contribution in [1.82, 2.24) is 9.78 Å². The van der Waals surface area contributed by atoms with Gasteiger partial charge in [-0.25, -0.2) is 4.68 Å². The Morgan fingerprint density at radius 3 is 2.61 bits per heavy atom. The number of aliphatic hydroxyl groups excluding tert-OH is 1. The largest absolute Gasteiger partial charge is 0.390 e. The van der Waals surface area contributed by atoms with Gasteiger partial charge < -0.3 is 5.11 Å². The van der Waals surface area contributed by atoms with E-state index in [0.717, 1.165) is 22.0 Å². The van der Waals surface area contributed by atoms with Crippen LogP contribution in [0.25, 0.3) is 5.69 Å². The monoisotopic (exact) mass is 264 g/mol. The van der Waals surface area contributed by atoms with E-state index in [1.807, 2.05) is 35.9 Å². The summed E-state index contributed by atoms with van der Waals surface area (Å²) in [4.78, 5) is 0. The number of aryl methyl sites for hydroxylation is 1. The van der Waals surface area contributed by atoms with Gasteiger partial charge in [0.1, 0.15) is 0 Å². The first kappa shape index (κ1) is 13.1. The summed E-state index contributed by atoms with van der Waals surface area (Å²) in [6.07, 6.45) is 0. The smallest absolute Gasteiger partial charge is 0.0886 e. The topological polar surface area (TPSA) is 38.0 Å². The first-order valence-corrected chi connectivity index (χ1v) is 6.37. The molecule has 1 aromatic heterocycles. The lowest BCUT2D eigenvalue weighted by atomic mass is 10.1. The van der Waals surface area contributed by atoms with Gasteiger partial charge in [-0.15, -0.1) is 0 Å². The molecule has 0 saturated heterocycles. The fourth-order valence-corrected chi connectivity index (χ4v) is 2.03. The van der Waals surface area contributed by atoms with Gasteiger partial charge in [0.2, 0.25) is 0 Å². The molecular weight excluding hydrogens is 248 g/mol. The van der Waals surface area contributed by atoms with Crippen LogP contribution in [0.5, 0.6) is 0 Å². The Balaban J connectivity index is 2.54. The maximum Gasteiger partial charge on any atom is 0.0886 e. The zero-order valence-corrected chi connectivity index (χ0v) is 11.6. The van der Waals surface area contributed by atoms with E-state index in [0.29, 0.717) is 11.6 Å². The highest BCUT2D eigenvalue weighted by molar-refractivity contribution is 6.31. The zero-order chi connectivity index (χ0) is 13.3. The molecule has 0 radical (unpaired) electrons. The number of hydrogen-bond donors (Lipinski definition) is 1. The van der Waals surface area contributed by atoms with E-state index in [4.69, 9.17) is 11.6 Å². The van der Waals surface area contributed by atoms with Crippen molar-refractivity contribution in [3.8, 4) is 5.69 Å². The highest BCUT2D eigenvalue weighted by atomic mass is 35.5. The van der Waals surface area contributed by atoms with Gasteiger partial charge in [-0.05, 0) is 36.6 Å². The molecule has 0 amide bonds. The third kappa shape index (κ3) is 2.42. The summed E-state index contributed by atoms with van der Waals surface area (Å²) in [6, 6.07) is 7.79. The van der Waals surface area contributed by atoms with Gasteiger partial charge in [-0.3, -0.25) is 0 Å². The average molecular weight is 265 g/mol. The second kappa shape index (κ2) is 5.12. The number of nitrogens with zero attached hydrogens (tertiary/aromatic N) is 2. The van der Waals surface area contributed by atoms with Gasteiger partial charge in [0, 0.05) is 10.7 Å². The van der Waals surface area contributed by atoms with Crippen molar-refractivity contribution in [1.29, 1.82) is 0 Å². The lowest BCUT2D eigenvalue weighted by Crippen LogP contribution is -2.04. The molecule has 96 valence electrons. The highest BCUT2D eigenvalue weighted by Gasteiger charge is 2.12. The molecule has 2 rings (SSSR count). The van der Waals surface area contributed by atoms with Crippen molar-refractivity contribution >= 4 is 11.6 Å². The zero-order valence-electron chi connectivity index (χ0n) is 10.8. The van der Waals surface area contributed by atoms with Crippen LogP contribution in [0.15, 0.2) is 24.3 Å². The fraction of sp³-hybridized carbons (Fsp3) is 0.357. The molecule has 2 aromatic rings. The molecule has 0 saturated carbocycles. The van der Waals surface area contributed by atoms with E-state index in [1.54, 1.807) is 0 Å². The van der Waals surface area contributed by atoms with Crippen molar-refractivity contribution in [3.63, 3.8) is 0 Å². The van der Waals surface area contributed by atoms with Gasteiger partial charge in [0.05, 0.1) is 18.0 Å². The fourth-order valence-electron chi connectivity index (χ4n) is 1.86. The minimum atomic E-state index is -0.0493. The van der Waals surface area contributed by atoms with Gasteiger partial charge in [0.15, 0.2) is 0 Å². The Morgan fingerprint density at radius 1 is 1.33 bits per heavy atom. The van der Waals surface area contributed by atoms with Crippen LogP contribution in [0, 0.1) is 6.92 Å². The SMILES string of the molecule is Cc1ccc(-n2nc(CO)cc2C(C)C)cc1Cl. The molecule has 0 aliphatic heterocycles. The number of benzene rings is 1. The van der Waals surface area contributed by atoms with Gasteiger partial charge in [0.25, 0.3) is 0 Å². The summed E-state index contributed by atoms with van der Waals surface area (Å²) in [5.74, 6) is 0.331. The van der Waals surface area contributed by atoms with Crippen LogP contribution < -0.4 is 0 Å². The van der Waals surface area contributed by atoms with Gasteiger partial charge in [-0.2, -0.15) is 5.10 Å². The molecule has 0 fully saturated rings. The van der Waals surface area contributed by atoms with Crippen LogP contribution >= 0.6 is 11.6 Å². The molecule has 1 heterocycles. The van der Waals surface area contributed by atoms with Crippen LogP contribution in [0.1, 0.15) is 36.7 Å². The lowest BCUT2D eigenvalue weighted by Gasteiger charge is -2.11. The molecule has 3 nitrogen and oxygen atoms in total. The average Bonchev–Trinajstić information content (AvgIpc) is 2.77. The Kier molecular flexibility index (Phi) is 3.73. The Bertz CT molecular complexity index is 561. The quantitative estimate of drug-likeness (QED) is 0.922. The lowest BCUT2D eigenvalue weighted by molar-refractivity contribution is 0.276. The molecule has 18 heavy (non-hydrogen) atoms. The molecule has 1 aromatic carbocycles. The third-order valence-corrected chi connectivity index (χ3v) is 3.35. The molecule has 0 bridgehead atoms. The van der Waals surface area contributed by atoms with E-state index < -0.39 is 0 Å². The summed E-state index contributed by atoms with van der Waals surface area (Å²) in [6.45, 7) is 6.12. The molecule has 4 heteroatoms. The minimum Gasteiger partial charge on any atom is -0.390 e. The molecule has 0 spiro atoms. The van der Waals surface area contributed by atoms with E-state index in [9.17, 15) is 5.11 Å². The van der Waals surface area contributed by atoms with Crippen molar-refractivity contribution in [2.45, 2.75) is 33.3 Å². The van der Waals surface area contributed by atoms with Gasteiger partial charge >= 0.3 is 0 Å². The maximum absolute atomic E-state index is 9.20. The molecule has 0 unspecified atom stereocenters. The molecule has 0 aliphatic rings. The van der Waals surface area contributed by atoms with Crippen LogP contribution in [-0.2, 0) is 6.61 Å². The van der Waals surface area contributed by atoms with E-state index >= 15 is 0 Å². The Labute approximate surface area is 112 Å². The summed E-state index contributed by atoms with van der Waals surface area (Å²) >= 11 is 6.15. The van der Waals surface area contributed by atoms with Gasteiger partial charge in [-0.1, -0.05) is 31.5 Å². The number of rotatable bonds is 3. The number of hydrogen-bond acceptors (Lipinski definition) is 2. The number of halogens is 1. The van der Waals surface area contributed by atoms with Crippen molar-refractivity contribution < 1.29 is 5.11 Å². The van der Waals surface area contributed by atoms with Crippen LogP contribution in [0.2, 0.25) is 5.02 Å². The standard InChI is InChI=1S/C14H17ClN2O/c1-9(2)14-6-11(8-18)16-17(14)12-5-4-10(3)13(15)7-12/h4-7,9,18H,8H2,1-3H3. The van der Waals surface area contributed by atoms with Crippen LogP contribution in [0.4, 0.5) is 0 Å². The van der Waals surface area contributed by atoms with Crippen molar-refractivity contribution in [3.05, 3.63) is 46.2 Å². The Hall–Kier alpha value is -1.32. The molecule has 0 atom stereocenters. The summed E-state index contributed by atoms with van der Waals surface area (Å²) in [5, 5.41) is 14.3. The van der Waals surface area contributed by atoms with E-state index in [1.165, 1.54) is 0 Å². The predicted molar refractivity (Wildman–Crippen MR) is 73.3 cm³/mol. The van der Waals surface area contributed by atoms with Crippen LogP contribution in [-0.4, -0.2) is 14.9 Å². The van der Waals surface area contributed by atoms with Crippen molar-refractivity contribution in [2.75, 3.05) is 0 Å². The van der Waals surface area contributed by atoms with E-state index in [-0.39, 0.29) is 6.61 Å². The molecule has 1 N–H and O–H groups in total. The second-order valence-electron chi connectivity index (χ2n) is 4.72. The summed E-state index contributed by atoms with van der Waals surface area (Å²) in [5.41, 5.74) is 3.71. The van der Waals surface area contributed by atoms with E-state index in [2.05, 4.69) is 18.9 Å². The number of aliphatic hydroxyl groups is 1. The minimum absolute atomic E-state index is 0.0493. The summed E-state index contributed by atoms with van der Waals surface area (Å²) in [7, 11) is 0. The molecular formula is C14H17ClN2O. The second-order valence-corrected chi connectivity index (χ2v) is 5.13. The first-order chi connectivity index (χ1) is 8.52. The normalized spacial score (nSPS) is 11.2. The summed E-state index contributed by atoms with van der Waals surface area (Å²) < 4.78 is 1.85. The Morgan fingerprint density at radius 2 is 2.06 bits per heavy atom. The molecule has 0 aliphatic carbocycles. The first-order valence-electron chi connectivity index (χ1n) is 5.99.